The van der Waals surface area contributed by atoms with Crippen LogP contribution in [0.3, 0.4) is 0 Å². The topological polar surface area (TPSA) is 214 Å². The van der Waals surface area contributed by atoms with Crippen LogP contribution in [0.4, 0.5) is 17.1 Å². The third kappa shape index (κ3) is 14.0. The first-order valence-electron chi connectivity index (χ1n) is 25.6. The number of fused-ring (bicyclic) bond motifs is 2. The van der Waals surface area contributed by atoms with Crippen molar-refractivity contribution in [3.63, 3.8) is 0 Å². The third-order valence-corrected chi connectivity index (χ3v) is 13.3. The van der Waals surface area contributed by atoms with E-state index in [0.717, 1.165) is 99.5 Å². The fraction of sp³-hybridized carbons (Fsp3) is 0.411. The molecule has 18 heteroatoms. The van der Waals surface area contributed by atoms with Crippen LogP contribution in [0.1, 0.15) is 90.5 Å². The van der Waals surface area contributed by atoms with Gasteiger partial charge in [-0.1, -0.05) is 30.7 Å². The summed E-state index contributed by atoms with van der Waals surface area (Å²) in [5, 5.41) is 19.1. The van der Waals surface area contributed by atoms with E-state index in [1.807, 2.05) is 66.7 Å². The zero-order valence-electron chi connectivity index (χ0n) is 41.9. The van der Waals surface area contributed by atoms with Crippen molar-refractivity contribution in [2.45, 2.75) is 70.3 Å². The number of methoxy groups -OCH3 is 1. The molecule has 1 unspecified atom stereocenters. The van der Waals surface area contributed by atoms with Crippen LogP contribution in [-0.2, 0) is 23.9 Å². The van der Waals surface area contributed by atoms with Gasteiger partial charge in [0.15, 0.2) is 11.5 Å². The van der Waals surface area contributed by atoms with E-state index in [0.29, 0.717) is 73.5 Å². The largest absolute Gasteiger partial charge is 0.493 e. The summed E-state index contributed by atoms with van der Waals surface area (Å²) < 4.78 is 29.5. The molecule has 18 nitrogen and oxygen atoms in total. The number of hydrogen-bond acceptors (Lipinski definition) is 15. The van der Waals surface area contributed by atoms with Crippen molar-refractivity contribution in [2.24, 2.45) is 0 Å². The van der Waals surface area contributed by atoms with Gasteiger partial charge in [0.05, 0.1) is 60.5 Å². The number of carbonyl (C=O) groups excluding carboxylic acids is 5. The number of nitrogens with one attached hydrogen (secondary N) is 3. The lowest BCUT2D eigenvalue weighted by molar-refractivity contribution is -0.136. The second-order valence-corrected chi connectivity index (χ2v) is 18.4. The number of unbranched alkanes of at least 4 members (excludes halogenated alkanes) is 4. The van der Waals surface area contributed by atoms with Gasteiger partial charge in [-0.3, -0.25) is 39.2 Å². The summed E-state index contributed by atoms with van der Waals surface area (Å²) in [6.45, 7) is 9.05. The fourth-order valence-corrected chi connectivity index (χ4v) is 9.31. The number of piperidine rings is 1. The minimum atomic E-state index is -1.07. The molecule has 0 aliphatic carbocycles. The molecule has 1 atom stereocenters. The Balaban J connectivity index is 0.633. The average Bonchev–Trinajstić information content (AvgIpc) is 3.67. The number of rotatable bonds is 27. The Morgan fingerprint density at radius 3 is 2.16 bits per heavy atom. The highest BCUT2D eigenvalue weighted by Crippen LogP contribution is 2.38. The maximum Gasteiger partial charge on any atom is 0.264 e. The van der Waals surface area contributed by atoms with E-state index >= 15 is 0 Å². The summed E-state index contributed by atoms with van der Waals surface area (Å²) in [5.41, 5.74) is 2.94. The Bertz CT molecular complexity index is 2800. The quantitative estimate of drug-likeness (QED) is 0.0338. The van der Waals surface area contributed by atoms with Gasteiger partial charge in [0, 0.05) is 82.1 Å². The van der Waals surface area contributed by atoms with Crippen molar-refractivity contribution in [3.8, 4) is 29.1 Å². The molecule has 3 N–H and O–H groups in total. The molecule has 0 bridgehead atoms. The SMILES string of the molecule is COc1cc2c(Nc3ccc(Oc4ccccc4)cc3)c(C#N)cnc2cc1OCCCN1CCN(CCCCCOCCOCCCCCC(=O)Nc2cccc3c2C(=O)N(C2CCC(=O)NC2=O)C3=O)CC1. The predicted molar refractivity (Wildman–Crippen MR) is 278 cm³/mol. The minimum absolute atomic E-state index is 0.0304. The van der Waals surface area contributed by atoms with E-state index in [9.17, 15) is 29.2 Å². The zero-order valence-corrected chi connectivity index (χ0v) is 41.9. The maximum absolute atomic E-state index is 13.3. The molecule has 388 valence electrons. The van der Waals surface area contributed by atoms with Crippen LogP contribution in [-0.4, -0.2) is 135 Å². The number of benzene rings is 4. The van der Waals surface area contributed by atoms with Gasteiger partial charge in [-0.15, -0.1) is 0 Å². The lowest BCUT2D eigenvalue weighted by Gasteiger charge is -2.34. The number of nitriles is 1. The van der Waals surface area contributed by atoms with E-state index in [-0.39, 0.29) is 42.0 Å². The van der Waals surface area contributed by atoms with Crippen LogP contribution < -0.4 is 30.2 Å². The number of amides is 5. The standard InChI is InChI=1S/C56H64N8O10/c1-70-48-35-44-46(58-38-39(37-57)53(44)59-40-18-20-42(21-19-40)74-41-13-5-2-6-14-41)36-49(48)73-32-12-25-63-28-26-62(27-29-63)24-8-4-10-31-72-34-33-71-30-9-3-7-17-50(65)60-45-16-11-15-43-52(45)56(69)64(55(43)68)47-22-23-51(66)61-54(47)67/h2,5-6,11,13-16,18-21,35-36,38,47H,3-4,7-10,12,17,22-34H2,1H3,(H,58,59)(H,60,65)(H,61,66,67). The van der Waals surface area contributed by atoms with Crippen LogP contribution in [0, 0.1) is 11.3 Å². The van der Waals surface area contributed by atoms with Crippen LogP contribution in [0.2, 0.25) is 0 Å². The first-order chi connectivity index (χ1) is 36.2. The van der Waals surface area contributed by atoms with Crippen molar-refractivity contribution in [3.05, 3.63) is 108 Å². The van der Waals surface area contributed by atoms with E-state index in [4.69, 9.17) is 23.7 Å². The Labute approximate surface area is 431 Å². The van der Waals surface area contributed by atoms with Gasteiger partial charge in [0.1, 0.15) is 23.6 Å². The van der Waals surface area contributed by atoms with Crippen molar-refractivity contribution in [1.29, 1.82) is 5.26 Å². The van der Waals surface area contributed by atoms with Gasteiger partial charge >= 0.3 is 0 Å². The van der Waals surface area contributed by atoms with Crippen LogP contribution in [0.15, 0.2) is 91.1 Å². The molecule has 2 saturated heterocycles. The third-order valence-electron chi connectivity index (χ3n) is 13.3. The second-order valence-electron chi connectivity index (χ2n) is 18.4. The minimum Gasteiger partial charge on any atom is -0.493 e. The first-order valence-corrected chi connectivity index (χ1v) is 25.6. The molecule has 0 saturated carbocycles. The number of anilines is 3. The Hall–Kier alpha value is -7.43. The zero-order chi connectivity index (χ0) is 51.7. The van der Waals surface area contributed by atoms with Crippen LogP contribution in [0.25, 0.3) is 10.9 Å². The van der Waals surface area contributed by atoms with Crippen molar-refractivity contribution in [2.75, 3.05) is 90.0 Å². The summed E-state index contributed by atoms with van der Waals surface area (Å²) in [5.74, 6) is -0.0371. The maximum atomic E-state index is 13.3. The summed E-state index contributed by atoms with van der Waals surface area (Å²) >= 11 is 0. The summed E-state index contributed by atoms with van der Waals surface area (Å²) in [7, 11) is 1.61. The number of pyridine rings is 1. The number of hydrogen-bond donors (Lipinski definition) is 3. The molecule has 8 rings (SSSR count). The highest BCUT2D eigenvalue weighted by molar-refractivity contribution is 6.26. The normalized spacial score (nSPS) is 15.9. The lowest BCUT2D eigenvalue weighted by atomic mass is 10.0. The highest BCUT2D eigenvalue weighted by atomic mass is 16.5. The van der Waals surface area contributed by atoms with Gasteiger partial charge in [0.2, 0.25) is 17.7 Å². The molecule has 4 aromatic carbocycles. The monoisotopic (exact) mass is 1010 g/mol. The van der Waals surface area contributed by atoms with Gasteiger partial charge in [0.25, 0.3) is 11.8 Å². The number of nitrogens with zero attached hydrogens (tertiary/aromatic N) is 5. The molecule has 2 fully saturated rings. The van der Waals surface area contributed by atoms with Gasteiger partial charge in [-0.25, -0.2) is 0 Å². The van der Waals surface area contributed by atoms with Crippen molar-refractivity contribution < 1.29 is 47.7 Å². The lowest BCUT2D eigenvalue weighted by Crippen LogP contribution is -2.54. The summed E-state index contributed by atoms with van der Waals surface area (Å²) in [4.78, 5) is 73.6. The number of imide groups is 2. The van der Waals surface area contributed by atoms with E-state index in [1.165, 1.54) is 6.07 Å². The molecule has 0 spiro atoms. The smallest absolute Gasteiger partial charge is 0.264 e. The van der Waals surface area contributed by atoms with E-state index in [2.05, 4.69) is 36.8 Å². The van der Waals surface area contributed by atoms with Gasteiger partial charge in [-0.05, 0) is 106 Å². The number of para-hydroxylation sites is 1. The molecule has 74 heavy (non-hydrogen) atoms. The molecule has 5 aromatic rings. The average molecular weight is 1010 g/mol. The van der Waals surface area contributed by atoms with Crippen LogP contribution >= 0.6 is 0 Å². The molecule has 3 aliphatic heterocycles. The number of piperazine rings is 1. The Morgan fingerprint density at radius 2 is 1.46 bits per heavy atom. The van der Waals surface area contributed by atoms with Crippen molar-refractivity contribution in [1.82, 2.24) is 25.0 Å². The number of ether oxygens (including phenoxy) is 5. The molecular weight excluding hydrogens is 945 g/mol. The van der Waals surface area contributed by atoms with E-state index in [1.54, 1.807) is 25.4 Å². The first kappa shape index (κ1) is 52.9. The molecule has 1 aromatic heterocycles. The number of carbonyl (C=O) groups is 5. The Kier molecular flexibility index (Phi) is 18.9. The molecule has 4 heterocycles. The molecule has 3 aliphatic rings. The molecule has 5 amide bonds. The fourth-order valence-electron chi connectivity index (χ4n) is 9.31. The highest BCUT2D eigenvalue weighted by Gasteiger charge is 2.45. The van der Waals surface area contributed by atoms with Crippen LogP contribution in [0.5, 0.6) is 23.0 Å². The number of aromatic nitrogens is 1. The second kappa shape index (κ2) is 26.5. The molecular formula is C56H64N8O10. The molecule has 0 radical (unpaired) electrons. The van der Waals surface area contributed by atoms with E-state index < -0.39 is 29.7 Å². The predicted octanol–water partition coefficient (Wildman–Crippen LogP) is 7.84. The van der Waals surface area contributed by atoms with Gasteiger partial charge in [-0.2, -0.15) is 5.26 Å². The van der Waals surface area contributed by atoms with Crippen molar-refractivity contribution >= 4 is 57.5 Å². The van der Waals surface area contributed by atoms with Gasteiger partial charge < -0.3 is 44.1 Å². The summed E-state index contributed by atoms with van der Waals surface area (Å²) in [6.07, 6.45) is 8.23. The summed E-state index contributed by atoms with van der Waals surface area (Å²) in [6, 6.07) is 26.7. The Morgan fingerprint density at radius 1 is 0.757 bits per heavy atom.